The molecule has 0 saturated carbocycles. The third-order valence-corrected chi connectivity index (χ3v) is 3.65. The lowest BCUT2D eigenvalue weighted by Gasteiger charge is -2.32. The maximum absolute atomic E-state index is 2.59. The summed E-state index contributed by atoms with van der Waals surface area (Å²) in [5.74, 6) is 0.727. The fraction of sp³-hybridized carbons (Fsp3) is 0.714. The van der Waals surface area contributed by atoms with Crippen LogP contribution in [-0.4, -0.2) is 49.6 Å². The molecule has 1 heterocycles. The summed E-state index contributed by atoms with van der Waals surface area (Å²) in [5, 5.41) is 0. The minimum Gasteiger partial charge on any atom is -0.304 e. The van der Waals surface area contributed by atoms with Crippen LogP contribution < -0.4 is 0 Å². The second-order valence-electron chi connectivity index (χ2n) is 5.29. The molecule has 0 spiro atoms. The Hall–Kier alpha value is -0.600. The van der Waals surface area contributed by atoms with Crippen LogP contribution in [0.1, 0.15) is 19.8 Å². The summed E-state index contributed by atoms with van der Waals surface area (Å²) in [6.45, 7) is 8.38. The highest BCUT2D eigenvalue weighted by Crippen LogP contribution is 2.17. The molecular formula is C14H24N2. The summed E-state index contributed by atoms with van der Waals surface area (Å²) < 4.78 is 0. The van der Waals surface area contributed by atoms with Gasteiger partial charge in [0.15, 0.2) is 0 Å². The van der Waals surface area contributed by atoms with Crippen molar-refractivity contribution in [3.63, 3.8) is 0 Å². The first-order valence-electron chi connectivity index (χ1n) is 6.49. The van der Waals surface area contributed by atoms with E-state index in [2.05, 4.69) is 42.0 Å². The van der Waals surface area contributed by atoms with Crippen LogP contribution in [0, 0.1) is 5.92 Å². The number of nitrogens with zero attached hydrogens (tertiary/aromatic N) is 2. The molecule has 1 aliphatic heterocycles. The summed E-state index contributed by atoms with van der Waals surface area (Å²) >= 11 is 0. The molecule has 2 nitrogen and oxygen atoms in total. The van der Waals surface area contributed by atoms with Crippen LogP contribution >= 0.6 is 0 Å². The van der Waals surface area contributed by atoms with Crippen molar-refractivity contribution in [2.75, 3.05) is 39.8 Å². The van der Waals surface area contributed by atoms with Gasteiger partial charge >= 0.3 is 0 Å². The van der Waals surface area contributed by atoms with E-state index in [1.807, 2.05) is 0 Å². The fourth-order valence-electron chi connectivity index (χ4n) is 2.39. The number of hydrogen-bond acceptors (Lipinski definition) is 2. The van der Waals surface area contributed by atoms with Crippen molar-refractivity contribution < 1.29 is 0 Å². The van der Waals surface area contributed by atoms with E-state index >= 15 is 0 Å². The van der Waals surface area contributed by atoms with Gasteiger partial charge in [0.05, 0.1) is 0 Å². The summed E-state index contributed by atoms with van der Waals surface area (Å²) in [7, 11) is 2.21. The normalized spacial score (nSPS) is 28.9. The lowest BCUT2D eigenvalue weighted by Crippen LogP contribution is -2.45. The van der Waals surface area contributed by atoms with Crippen LogP contribution in [0.2, 0.25) is 0 Å². The molecule has 1 unspecified atom stereocenters. The van der Waals surface area contributed by atoms with E-state index < -0.39 is 0 Å². The van der Waals surface area contributed by atoms with Crippen LogP contribution in [-0.2, 0) is 0 Å². The van der Waals surface area contributed by atoms with Crippen LogP contribution in [0.15, 0.2) is 23.8 Å². The largest absolute Gasteiger partial charge is 0.304 e. The topological polar surface area (TPSA) is 6.48 Å². The minimum absolute atomic E-state index is 0.727. The number of hydrogen-bond donors (Lipinski definition) is 0. The number of allylic oxidation sites excluding steroid dienone is 3. The molecule has 0 radical (unpaired) electrons. The molecule has 0 N–H and O–H groups in total. The number of piperazine rings is 1. The third kappa shape index (κ3) is 3.46. The summed E-state index contributed by atoms with van der Waals surface area (Å²) in [6.07, 6.45) is 9.55. The van der Waals surface area contributed by atoms with Gasteiger partial charge in [-0.2, -0.15) is 0 Å². The third-order valence-electron chi connectivity index (χ3n) is 3.65. The first-order chi connectivity index (χ1) is 7.74. The standard InChI is InChI=1S/C14H24N2/c1-13-4-3-5-14(7-6-13)12-16-10-8-15(2)9-11-16/h3-4,7,13H,5-6,8-12H2,1-2H3. The molecule has 0 aromatic rings. The Morgan fingerprint density at radius 2 is 2.00 bits per heavy atom. The minimum atomic E-state index is 0.727. The summed E-state index contributed by atoms with van der Waals surface area (Å²) in [5.41, 5.74) is 1.62. The first kappa shape index (κ1) is 11.9. The van der Waals surface area contributed by atoms with Crippen molar-refractivity contribution in [2.45, 2.75) is 19.8 Å². The van der Waals surface area contributed by atoms with Crippen molar-refractivity contribution in [3.8, 4) is 0 Å². The predicted octanol–water partition coefficient (Wildman–Crippen LogP) is 2.15. The quantitative estimate of drug-likeness (QED) is 0.658. The highest BCUT2D eigenvalue weighted by atomic mass is 15.2. The van der Waals surface area contributed by atoms with Crippen molar-refractivity contribution in [3.05, 3.63) is 23.8 Å². The molecule has 1 aliphatic carbocycles. The monoisotopic (exact) mass is 220 g/mol. The van der Waals surface area contributed by atoms with E-state index in [0.717, 1.165) is 12.3 Å². The zero-order chi connectivity index (χ0) is 11.4. The van der Waals surface area contributed by atoms with E-state index in [-0.39, 0.29) is 0 Å². The molecule has 0 aromatic carbocycles. The Morgan fingerprint density at radius 3 is 2.75 bits per heavy atom. The zero-order valence-corrected chi connectivity index (χ0v) is 10.7. The zero-order valence-electron chi connectivity index (χ0n) is 10.7. The first-order valence-corrected chi connectivity index (χ1v) is 6.49. The average molecular weight is 220 g/mol. The van der Waals surface area contributed by atoms with Crippen LogP contribution in [0.5, 0.6) is 0 Å². The van der Waals surface area contributed by atoms with Gasteiger partial charge in [-0.25, -0.2) is 0 Å². The number of likely N-dealkylation sites (N-methyl/N-ethyl adjacent to an activating group) is 1. The van der Waals surface area contributed by atoms with Gasteiger partial charge in [0.25, 0.3) is 0 Å². The Kier molecular flexibility index (Phi) is 4.19. The van der Waals surface area contributed by atoms with Gasteiger partial charge < -0.3 is 4.90 Å². The molecule has 0 amide bonds. The molecular weight excluding hydrogens is 196 g/mol. The molecule has 2 aliphatic rings. The lowest BCUT2D eigenvalue weighted by molar-refractivity contribution is 0.163. The van der Waals surface area contributed by atoms with Crippen LogP contribution in [0.3, 0.4) is 0 Å². The molecule has 0 bridgehead atoms. The lowest BCUT2D eigenvalue weighted by atomic mass is 10.1. The van der Waals surface area contributed by atoms with Gasteiger partial charge in [-0.05, 0) is 25.8 Å². The van der Waals surface area contributed by atoms with Crippen LogP contribution in [0.4, 0.5) is 0 Å². The maximum atomic E-state index is 2.59. The van der Waals surface area contributed by atoms with Gasteiger partial charge in [-0.15, -0.1) is 0 Å². The van der Waals surface area contributed by atoms with Gasteiger partial charge in [-0.3, -0.25) is 4.90 Å². The molecule has 2 rings (SSSR count). The highest BCUT2D eigenvalue weighted by Gasteiger charge is 2.14. The van der Waals surface area contributed by atoms with Gasteiger partial charge in [0.1, 0.15) is 0 Å². The summed E-state index contributed by atoms with van der Waals surface area (Å²) in [6, 6.07) is 0. The maximum Gasteiger partial charge on any atom is 0.0197 e. The number of rotatable bonds is 2. The van der Waals surface area contributed by atoms with E-state index in [0.29, 0.717) is 0 Å². The molecule has 1 fully saturated rings. The fourth-order valence-corrected chi connectivity index (χ4v) is 2.39. The van der Waals surface area contributed by atoms with E-state index in [9.17, 15) is 0 Å². The van der Waals surface area contributed by atoms with Crippen molar-refractivity contribution in [1.29, 1.82) is 0 Å². The van der Waals surface area contributed by atoms with E-state index in [1.165, 1.54) is 39.1 Å². The van der Waals surface area contributed by atoms with Gasteiger partial charge in [0.2, 0.25) is 0 Å². The molecule has 16 heavy (non-hydrogen) atoms. The summed E-state index contributed by atoms with van der Waals surface area (Å²) in [4.78, 5) is 5.01. The van der Waals surface area contributed by atoms with Crippen LogP contribution in [0.25, 0.3) is 0 Å². The SMILES string of the molecule is CC1C=CCC(CN2CCN(C)CC2)=CC1. The van der Waals surface area contributed by atoms with Gasteiger partial charge in [0, 0.05) is 32.7 Å². The second kappa shape index (κ2) is 5.65. The van der Waals surface area contributed by atoms with Crippen molar-refractivity contribution in [2.24, 2.45) is 5.92 Å². The average Bonchev–Trinajstić information content (AvgIpc) is 2.47. The molecule has 90 valence electrons. The molecule has 1 atom stereocenters. The highest BCUT2D eigenvalue weighted by molar-refractivity contribution is 5.14. The molecule has 1 saturated heterocycles. The van der Waals surface area contributed by atoms with E-state index in [4.69, 9.17) is 0 Å². The van der Waals surface area contributed by atoms with Crippen molar-refractivity contribution >= 4 is 0 Å². The Balaban J connectivity index is 1.83. The van der Waals surface area contributed by atoms with E-state index in [1.54, 1.807) is 5.57 Å². The Bertz CT molecular complexity index is 272. The van der Waals surface area contributed by atoms with Gasteiger partial charge in [-0.1, -0.05) is 30.7 Å². The smallest absolute Gasteiger partial charge is 0.0197 e. The Labute approximate surface area is 99.6 Å². The predicted molar refractivity (Wildman–Crippen MR) is 69.6 cm³/mol. The molecule has 0 aromatic heterocycles. The van der Waals surface area contributed by atoms with Crippen molar-refractivity contribution in [1.82, 2.24) is 9.80 Å². The Morgan fingerprint density at radius 1 is 1.25 bits per heavy atom. The molecule has 2 heteroatoms. The second-order valence-corrected chi connectivity index (χ2v) is 5.29.